The Morgan fingerprint density at radius 2 is 2.00 bits per heavy atom. The second kappa shape index (κ2) is 9.10. The molecule has 0 spiro atoms. The number of aromatic nitrogens is 2. The first kappa shape index (κ1) is 19.5. The van der Waals surface area contributed by atoms with Gasteiger partial charge in [0.2, 0.25) is 0 Å². The van der Waals surface area contributed by atoms with Crippen molar-refractivity contribution in [3.05, 3.63) is 81.9 Å². The minimum absolute atomic E-state index is 0.0430. The molecule has 144 valence electrons. The van der Waals surface area contributed by atoms with E-state index in [2.05, 4.69) is 17.1 Å². The highest BCUT2D eigenvalue weighted by molar-refractivity contribution is 5.91. The summed E-state index contributed by atoms with van der Waals surface area (Å²) in [6, 6.07) is 15.5. The molecule has 0 aliphatic carbocycles. The minimum atomic E-state index is -0.615. The molecule has 0 atom stereocenters. The molecular weight excluding hydrogens is 354 g/mol. The molecule has 3 rings (SSSR count). The lowest BCUT2D eigenvalue weighted by Crippen LogP contribution is -2.25. The molecule has 0 aliphatic heterocycles. The van der Waals surface area contributed by atoms with E-state index in [9.17, 15) is 9.59 Å². The van der Waals surface area contributed by atoms with Crippen LogP contribution in [-0.2, 0) is 24.2 Å². The number of hydrogen-bond acceptors (Lipinski definition) is 4. The minimum Gasteiger partial charge on any atom is -0.296 e. The number of benzene rings is 2. The number of carbonyl (C=O) groups is 1. The van der Waals surface area contributed by atoms with Gasteiger partial charge in [-0.3, -0.25) is 19.4 Å². The number of fused-ring (bicyclic) bond motifs is 1. The molecular formula is C22H23N3O3. The van der Waals surface area contributed by atoms with Gasteiger partial charge in [-0.05, 0) is 42.2 Å². The summed E-state index contributed by atoms with van der Waals surface area (Å²) in [5, 5.41) is 9.11. The van der Waals surface area contributed by atoms with E-state index in [1.54, 1.807) is 34.3 Å². The summed E-state index contributed by atoms with van der Waals surface area (Å²) in [6.07, 6.45) is 5.20. The predicted octanol–water partition coefficient (Wildman–Crippen LogP) is 3.11. The topological polar surface area (TPSA) is 84.2 Å². The summed E-state index contributed by atoms with van der Waals surface area (Å²) in [5.74, 6) is 0.135. The van der Waals surface area contributed by atoms with Gasteiger partial charge in [0.15, 0.2) is 0 Å². The van der Waals surface area contributed by atoms with E-state index in [1.807, 2.05) is 25.1 Å². The molecule has 0 aliphatic rings. The summed E-state index contributed by atoms with van der Waals surface area (Å²) >= 11 is 0. The number of nitrogens with zero attached hydrogens (tertiary/aromatic N) is 2. The Labute approximate surface area is 163 Å². The van der Waals surface area contributed by atoms with E-state index in [-0.39, 0.29) is 5.56 Å². The molecule has 0 saturated carbocycles. The maximum Gasteiger partial charge on any atom is 0.267 e. The van der Waals surface area contributed by atoms with Crippen molar-refractivity contribution in [3.63, 3.8) is 0 Å². The van der Waals surface area contributed by atoms with Crippen LogP contribution in [0, 0.1) is 0 Å². The van der Waals surface area contributed by atoms with Crippen LogP contribution in [0.25, 0.3) is 17.0 Å². The first-order valence-electron chi connectivity index (χ1n) is 9.32. The van der Waals surface area contributed by atoms with Crippen LogP contribution < -0.4 is 11.0 Å². The van der Waals surface area contributed by atoms with Crippen molar-refractivity contribution in [2.45, 2.75) is 32.7 Å². The quantitative estimate of drug-likeness (QED) is 0.376. The number of carbonyl (C=O) groups excluding carboxylic acids is 1. The van der Waals surface area contributed by atoms with Crippen molar-refractivity contribution >= 4 is 22.9 Å². The third kappa shape index (κ3) is 4.53. The van der Waals surface area contributed by atoms with E-state index in [0.717, 1.165) is 24.2 Å². The van der Waals surface area contributed by atoms with Crippen molar-refractivity contribution < 1.29 is 10.0 Å². The Morgan fingerprint density at radius 3 is 2.71 bits per heavy atom. The largest absolute Gasteiger partial charge is 0.296 e. The smallest absolute Gasteiger partial charge is 0.267 e. The number of aryl methyl sites for hydroxylation is 2. The number of rotatable bonds is 7. The van der Waals surface area contributed by atoms with Crippen LogP contribution >= 0.6 is 0 Å². The molecule has 0 bridgehead atoms. The Balaban J connectivity index is 1.87. The molecule has 0 fully saturated rings. The standard InChI is InChI=1S/C22H23N3O3/c1-2-20-23-19-15-17(11-13-21(26)24-28)10-12-18(19)22(27)25(20)14-6-9-16-7-4-3-5-8-16/h3-5,7-8,10-13,15,28H,2,6,9,14H2,1H3,(H,24,26)/b13-11+. The summed E-state index contributed by atoms with van der Waals surface area (Å²) in [4.78, 5) is 28.8. The van der Waals surface area contributed by atoms with Gasteiger partial charge in [0.25, 0.3) is 11.5 Å². The van der Waals surface area contributed by atoms with Gasteiger partial charge < -0.3 is 0 Å². The molecule has 0 saturated heterocycles. The summed E-state index contributed by atoms with van der Waals surface area (Å²) in [6.45, 7) is 2.61. The second-order valence-electron chi connectivity index (χ2n) is 6.51. The molecule has 2 N–H and O–H groups in total. The van der Waals surface area contributed by atoms with E-state index >= 15 is 0 Å². The highest BCUT2D eigenvalue weighted by Gasteiger charge is 2.10. The lowest BCUT2D eigenvalue weighted by molar-refractivity contribution is -0.124. The maximum atomic E-state index is 13.0. The van der Waals surface area contributed by atoms with Crippen LogP contribution in [0.15, 0.2) is 59.4 Å². The molecule has 6 nitrogen and oxygen atoms in total. The fourth-order valence-corrected chi connectivity index (χ4v) is 3.18. The average molecular weight is 377 g/mol. The second-order valence-corrected chi connectivity index (χ2v) is 6.51. The lowest BCUT2D eigenvalue weighted by Gasteiger charge is -2.13. The average Bonchev–Trinajstić information content (AvgIpc) is 2.73. The molecule has 1 amide bonds. The molecule has 0 unspecified atom stereocenters. The highest BCUT2D eigenvalue weighted by atomic mass is 16.5. The van der Waals surface area contributed by atoms with Crippen LogP contribution in [0.3, 0.4) is 0 Å². The lowest BCUT2D eigenvalue weighted by atomic mass is 10.1. The van der Waals surface area contributed by atoms with E-state index < -0.39 is 5.91 Å². The molecule has 1 aromatic heterocycles. The van der Waals surface area contributed by atoms with Gasteiger partial charge in [-0.1, -0.05) is 43.3 Å². The Kier molecular flexibility index (Phi) is 6.34. The van der Waals surface area contributed by atoms with Crippen molar-refractivity contribution in [3.8, 4) is 0 Å². The van der Waals surface area contributed by atoms with Gasteiger partial charge in [0.1, 0.15) is 5.82 Å². The number of nitrogens with one attached hydrogen (secondary N) is 1. The van der Waals surface area contributed by atoms with Crippen molar-refractivity contribution in [1.29, 1.82) is 0 Å². The number of amides is 1. The zero-order chi connectivity index (χ0) is 19.9. The summed E-state index contributed by atoms with van der Waals surface area (Å²) in [7, 11) is 0. The number of hydroxylamine groups is 1. The van der Waals surface area contributed by atoms with Crippen LogP contribution in [0.1, 0.15) is 30.3 Å². The van der Waals surface area contributed by atoms with Crippen molar-refractivity contribution in [2.24, 2.45) is 0 Å². The Bertz CT molecular complexity index is 1060. The molecule has 1 heterocycles. The van der Waals surface area contributed by atoms with Gasteiger partial charge in [-0.25, -0.2) is 10.5 Å². The van der Waals surface area contributed by atoms with Crippen LogP contribution in [0.2, 0.25) is 0 Å². The van der Waals surface area contributed by atoms with Crippen molar-refractivity contribution in [1.82, 2.24) is 15.0 Å². The van der Waals surface area contributed by atoms with Gasteiger partial charge in [-0.2, -0.15) is 0 Å². The highest BCUT2D eigenvalue weighted by Crippen LogP contribution is 2.14. The zero-order valence-electron chi connectivity index (χ0n) is 15.8. The zero-order valence-corrected chi connectivity index (χ0v) is 15.8. The van der Waals surface area contributed by atoms with E-state index in [0.29, 0.717) is 23.9 Å². The van der Waals surface area contributed by atoms with Crippen molar-refractivity contribution in [2.75, 3.05) is 0 Å². The van der Waals surface area contributed by atoms with E-state index in [4.69, 9.17) is 5.21 Å². The molecule has 3 aromatic rings. The maximum absolute atomic E-state index is 13.0. The van der Waals surface area contributed by atoms with Crippen LogP contribution in [-0.4, -0.2) is 20.7 Å². The molecule has 6 heteroatoms. The van der Waals surface area contributed by atoms with Crippen LogP contribution in [0.4, 0.5) is 0 Å². The van der Waals surface area contributed by atoms with E-state index in [1.165, 1.54) is 11.6 Å². The number of hydrogen-bond donors (Lipinski definition) is 2. The van der Waals surface area contributed by atoms with Gasteiger partial charge in [0.05, 0.1) is 10.9 Å². The third-order valence-electron chi connectivity index (χ3n) is 4.60. The Hall–Kier alpha value is -3.25. The van der Waals surface area contributed by atoms with Gasteiger partial charge in [0, 0.05) is 19.0 Å². The summed E-state index contributed by atoms with van der Waals surface area (Å²) < 4.78 is 1.76. The summed E-state index contributed by atoms with van der Waals surface area (Å²) in [5.41, 5.74) is 4.09. The third-order valence-corrected chi connectivity index (χ3v) is 4.60. The SMILES string of the molecule is CCc1nc2cc(/C=C/C(=O)NO)ccc2c(=O)n1CCCc1ccccc1. The molecule has 2 aromatic carbocycles. The first-order valence-corrected chi connectivity index (χ1v) is 9.32. The Morgan fingerprint density at radius 1 is 1.21 bits per heavy atom. The predicted molar refractivity (Wildman–Crippen MR) is 109 cm³/mol. The fourth-order valence-electron chi connectivity index (χ4n) is 3.18. The normalized spacial score (nSPS) is 11.2. The van der Waals surface area contributed by atoms with Gasteiger partial charge >= 0.3 is 0 Å². The van der Waals surface area contributed by atoms with Gasteiger partial charge in [-0.15, -0.1) is 0 Å². The molecule has 28 heavy (non-hydrogen) atoms. The fraction of sp³-hybridized carbons (Fsp3) is 0.227. The molecule has 0 radical (unpaired) electrons. The first-order chi connectivity index (χ1) is 13.6. The monoisotopic (exact) mass is 377 g/mol. The van der Waals surface area contributed by atoms with Crippen LogP contribution in [0.5, 0.6) is 0 Å².